The van der Waals surface area contributed by atoms with Crippen LogP contribution in [0.3, 0.4) is 0 Å². The first-order valence-electron chi connectivity index (χ1n) is 9.50. The molecule has 2 fully saturated rings. The van der Waals surface area contributed by atoms with E-state index in [9.17, 15) is 9.90 Å². The largest absolute Gasteiger partial charge is 0.491 e. The first-order valence-corrected chi connectivity index (χ1v) is 9.50. The Morgan fingerprint density at radius 3 is 2.50 bits per heavy atom. The number of benzene rings is 1. The first kappa shape index (κ1) is 19.9. The fourth-order valence-corrected chi connectivity index (χ4v) is 4.10. The van der Waals surface area contributed by atoms with Crippen molar-refractivity contribution >= 4 is 6.03 Å². The highest BCUT2D eigenvalue weighted by Crippen LogP contribution is 2.28. The van der Waals surface area contributed by atoms with Crippen molar-refractivity contribution in [2.24, 2.45) is 11.8 Å². The first-order chi connectivity index (χ1) is 13.6. The monoisotopic (exact) mass is 383 g/mol. The third-order valence-electron chi connectivity index (χ3n) is 5.16. The van der Waals surface area contributed by atoms with Crippen molar-refractivity contribution in [2.75, 3.05) is 45.9 Å². The average molecular weight is 383 g/mol. The van der Waals surface area contributed by atoms with Crippen LogP contribution in [0.25, 0.3) is 0 Å². The molecule has 1 aromatic rings. The number of carbonyl (C=O) groups excluding carboxylic acids is 1. The number of carbonyl (C=O) groups is 1. The number of nitrogens with one attached hydrogen (secondary N) is 1. The number of fused-ring (bicyclic) bond motifs is 2. The number of hydrogen-bond acceptors (Lipinski definition) is 6. The number of rotatable bonds is 6. The maximum Gasteiger partial charge on any atom is 0.318 e. The van der Waals surface area contributed by atoms with E-state index in [0.717, 1.165) is 19.5 Å². The fraction of sp³-hybridized carbons (Fsp3) is 0.550. The molecule has 1 aromatic carbocycles. The summed E-state index contributed by atoms with van der Waals surface area (Å²) >= 11 is 0. The third kappa shape index (κ3) is 5.35. The lowest BCUT2D eigenvalue weighted by atomic mass is 9.84. The van der Waals surface area contributed by atoms with Crippen LogP contribution in [0.2, 0.25) is 0 Å². The van der Waals surface area contributed by atoms with Crippen LogP contribution in [0.15, 0.2) is 24.3 Å². The van der Waals surface area contributed by atoms with Gasteiger partial charge < -0.3 is 20.1 Å². The summed E-state index contributed by atoms with van der Waals surface area (Å²) in [6.07, 6.45) is 0.487. The van der Waals surface area contributed by atoms with E-state index >= 15 is 0 Å². The van der Waals surface area contributed by atoms with Crippen molar-refractivity contribution in [1.82, 2.24) is 15.1 Å². The summed E-state index contributed by atoms with van der Waals surface area (Å²) in [5.74, 6) is 1.39. The van der Waals surface area contributed by atoms with E-state index in [1.54, 1.807) is 29.2 Å². The second-order valence-electron chi connectivity index (χ2n) is 7.51. The predicted octanol–water partition coefficient (Wildman–Crippen LogP) is 0.785. The molecule has 0 spiro atoms. The minimum Gasteiger partial charge on any atom is -0.491 e. The van der Waals surface area contributed by atoms with Gasteiger partial charge in [-0.05, 0) is 42.5 Å². The number of β-amino-alcohol motifs (C(OH)–C–C–N with tert-alkyl or cyclic N) is 1. The number of hydrogen-bond donors (Lipinski definition) is 2. The van der Waals surface area contributed by atoms with Crippen molar-refractivity contribution in [3.05, 3.63) is 29.8 Å². The van der Waals surface area contributed by atoms with E-state index in [2.05, 4.69) is 16.3 Å². The van der Waals surface area contributed by atoms with Crippen molar-refractivity contribution in [1.29, 1.82) is 10.5 Å². The lowest BCUT2D eigenvalue weighted by Crippen LogP contribution is -2.57. The Balaban J connectivity index is 1.43. The molecule has 2 bridgehead atoms. The number of urea groups is 1. The molecule has 2 amide bonds. The molecule has 2 aliphatic heterocycles. The lowest BCUT2D eigenvalue weighted by molar-refractivity contribution is 0.00929. The Kier molecular flexibility index (Phi) is 6.70. The SMILES string of the molecule is N#CCNC(=O)N1CC2CC(CN(CC(O)COc3ccc(C#N)cc3)C2)C1. The van der Waals surface area contributed by atoms with Gasteiger partial charge >= 0.3 is 6.03 Å². The highest BCUT2D eigenvalue weighted by Gasteiger charge is 2.36. The standard InChI is InChI=1S/C20H25N5O3/c21-5-6-23-20(27)25-11-16-7-17(12-25)10-24(9-16)13-18(26)14-28-19-3-1-15(8-22)2-4-19/h1-4,16-18,26H,6-7,9-14H2,(H,23,27). The number of nitriles is 2. The normalized spacial score (nSPS) is 22.6. The van der Waals surface area contributed by atoms with Crippen molar-refractivity contribution < 1.29 is 14.6 Å². The second kappa shape index (κ2) is 9.41. The number of ether oxygens (including phenoxy) is 1. The molecule has 0 saturated carbocycles. The van der Waals surface area contributed by atoms with Gasteiger partial charge in [-0.2, -0.15) is 10.5 Å². The summed E-state index contributed by atoms with van der Waals surface area (Å²) in [6.45, 7) is 3.80. The van der Waals surface area contributed by atoms with Gasteiger partial charge in [-0.1, -0.05) is 0 Å². The van der Waals surface area contributed by atoms with E-state index in [1.807, 2.05) is 6.07 Å². The van der Waals surface area contributed by atoms with E-state index in [4.69, 9.17) is 15.3 Å². The highest BCUT2D eigenvalue weighted by molar-refractivity contribution is 5.74. The third-order valence-corrected chi connectivity index (χ3v) is 5.16. The molecule has 2 saturated heterocycles. The molecule has 3 rings (SSSR count). The Bertz CT molecular complexity index is 741. The van der Waals surface area contributed by atoms with Gasteiger partial charge in [0, 0.05) is 32.7 Å². The Hall–Kier alpha value is -2.81. The number of aliphatic hydroxyl groups is 1. The molecule has 3 atom stereocenters. The molecule has 0 radical (unpaired) electrons. The van der Waals surface area contributed by atoms with Crippen LogP contribution in [-0.2, 0) is 0 Å². The van der Waals surface area contributed by atoms with Crippen LogP contribution >= 0.6 is 0 Å². The summed E-state index contributed by atoms with van der Waals surface area (Å²) in [5, 5.41) is 30.4. The number of piperidine rings is 2. The number of nitrogens with zero attached hydrogens (tertiary/aromatic N) is 4. The van der Waals surface area contributed by atoms with Crippen LogP contribution < -0.4 is 10.1 Å². The van der Waals surface area contributed by atoms with Gasteiger partial charge in [0.15, 0.2) is 0 Å². The van der Waals surface area contributed by atoms with Crippen molar-refractivity contribution in [2.45, 2.75) is 12.5 Å². The summed E-state index contributed by atoms with van der Waals surface area (Å²) in [4.78, 5) is 16.1. The molecule has 2 heterocycles. The van der Waals surface area contributed by atoms with Crippen LogP contribution in [0, 0.1) is 34.5 Å². The summed E-state index contributed by atoms with van der Waals surface area (Å²) < 4.78 is 5.62. The summed E-state index contributed by atoms with van der Waals surface area (Å²) in [5.41, 5.74) is 0.572. The zero-order valence-corrected chi connectivity index (χ0v) is 15.8. The Morgan fingerprint density at radius 1 is 1.21 bits per heavy atom. The maximum atomic E-state index is 12.1. The van der Waals surface area contributed by atoms with Gasteiger partial charge in [0.2, 0.25) is 0 Å². The fourth-order valence-electron chi connectivity index (χ4n) is 4.10. The molecule has 0 aliphatic carbocycles. The maximum absolute atomic E-state index is 12.1. The number of amides is 2. The second-order valence-corrected chi connectivity index (χ2v) is 7.51. The molecule has 2 aliphatic rings. The zero-order chi connectivity index (χ0) is 19.9. The molecule has 3 unspecified atom stereocenters. The average Bonchev–Trinajstić information content (AvgIpc) is 2.70. The van der Waals surface area contributed by atoms with Gasteiger partial charge in [-0.15, -0.1) is 0 Å². The van der Waals surface area contributed by atoms with Crippen LogP contribution in [0.4, 0.5) is 4.79 Å². The smallest absolute Gasteiger partial charge is 0.318 e. The van der Waals surface area contributed by atoms with Crippen LogP contribution in [0.1, 0.15) is 12.0 Å². The van der Waals surface area contributed by atoms with Crippen LogP contribution in [0.5, 0.6) is 5.75 Å². The van der Waals surface area contributed by atoms with E-state index in [0.29, 0.717) is 42.8 Å². The van der Waals surface area contributed by atoms with Gasteiger partial charge in [0.25, 0.3) is 0 Å². The minimum absolute atomic E-state index is 0.0300. The van der Waals surface area contributed by atoms with Gasteiger partial charge in [0.05, 0.1) is 17.7 Å². The number of aliphatic hydroxyl groups excluding tert-OH is 1. The van der Waals surface area contributed by atoms with E-state index < -0.39 is 6.10 Å². The van der Waals surface area contributed by atoms with Crippen molar-refractivity contribution in [3.63, 3.8) is 0 Å². The minimum atomic E-state index is -0.607. The molecule has 8 nitrogen and oxygen atoms in total. The topological polar surface area (TPSA) is 113 Å². The number of likely N-dealkylation sites (tertiary alicyclic amines) is 2. The molecule has 28 heavy (non-hydrogen) atoms. The summed E-state index contributed by atoms with van der Waals surface area (Å²) in [7, 11) is 0. The molecule has 0 aromatic heterocycles. The van der Waals surface area contributed by atoms with Crippen molar-refractivity contribution in [3.8, 4) is 17.9 Å². The molecule has 2 N–H and O–H groups in total. The molecule has 148 valence electrons. The van der Waals surface area contributed by atoms with Gasteiger partial charge in [0.1, 0.15) is 25.0 Å². The van der Waals surface area contributed by atoms with E-state index in [-0.39, 0.29) is 19.2 Å². The summed E-state index contributed by atoms with van der Waals surface area (Å²) in [6, 6.07) is 10.6. The quantitative estimate of drug-likeness (QED) is 0.702. The molecular weight excluding hydrogens is 358 g/mol. The Labute approximate surface area is 164 Å². The predicted molar refractivity (Wildman–Crippen MR) is 101 cm³/mol. The Morgan fingerprint density at radius 2 is 1.89 bits per heavy atom. The lowest BCUT2D eigenvalue weighted by Gasteiger charge is -2.46. The highest BCUT2D eigenvalue weighted by atomic mass is 16.5. The molecular formula is C20H25N5O3. The van der Waals surface area contributed by atoms with E-state index in [1.165, 1.54) is 0 Å². The van der Waals surface area contributed by atoms with Gasteiger partial charge in [-0.25, -0.2) is 4.79 Å². The zero-order valence-electron chi connectivity index (χ0n) is 15.8. The molecule has 8 heteroatoms. The van der Waals surface area contributed by atoms with Crippen LogP contribution in [-0.4, -0.2) is 72.9 Å². The van der Waals surface area contributed by atoms with Gasteiger partial charge in [-0.3, -0.25) is 4.90 Å².